The van der Waals surface area contributed by atoms with Crippen molar-refractivity contribution in [3.05, 3.63) is 42.2 Å². The second-order valence-electron chi connectivity index (χ2n) is 6.33. The first-order chi connectivity index (χ1) is 12.8. The summed E-state index contributed by atoms with van der Waals surface area (Å²) < 4.78 is 47.0. The van der Waals surface area contributed by atoms with Gasteiger partial charge in [-0.05, 0) is 24.3 Å². The number of pyridine rings is 1. The molecule has 0 radical (unpaired) electrons. The van der Waals surface area contributed by atoms with Crippen LogP contribution in [0, 0.1) is 0 Å². The number of aryl methyl sites for hydroxylation is 1. The number of amides is 1. The second-order valence-corrected chi connectivity index (χ2v) is 6.33. The standard InChI is InChI=1S/C17H16F3N5O2/c1-23-6-2-3-12(23)15-22-21-14-5-4-11(9-25(14)15)16(26)24-7-8-27-13(10-24)17(18,19)20/h2-6,9,13H,7-8,10H2,1H3. The van der Waals surface area contributed by atoms with E-state index < -0.39 is 24.7 Å². The van der Waals surface area contributed by atoms with E-state index in [1.165, 1.54) is 0 Å². The van der Waals surface area contributed by atoms with Gasteiger partial charge in [0.05, 0.1) is 24.4 Å². The molecule has 0 saturated carbocycles. The van der Waals surface area contributed by atoms with Crippen LogP contribution >= 0.6 is 0 Å². The first kappa shape index (κ1) is 17.5. The van der Waals surface area contributed by atoms with E-state index in [2.05, 4.69) is 10.2 Å². The van der Waals surface area contributed by atoms with Gasteiger partial charge in [-0.15, -0.1) is 10.2 Å². The van der Waals surface area contributed by atoms with Gasteiger partial charge in [0.1, 0.15) is 0 Å². The van der Waals surface area contributed by atoms with Crippen LogP contribution in [0.2, 0.25) is 0 Å². The molecule has 142 valence electrons. The van der Waals surface area contributed by atoms with E-state index in [1.54, 1.807) is 22.7 Å². The van der Waals surface area contributed by atoms with Gasteiger partial charge in [0.25, 0.3) is 5.91 Å². The van der Waals surface area contributed by atoms with Crippen molar-refractivity contribution < 1.29 is 22.7 Å². The Morgan fingerprint density at radius 2 is 2.07 bits per heavy atom. The minimum absolute atomic E-state index is 0.107. The largest absolute Gasteiger partial charge is 0.416 e. The number of nitrogens with zero attached hydrogens (tertiary/aromatic N) is 5. The van der Waals surface area contributed by atoms with Crippen molar-refractivity contribution in [2.75, 3.05) is 19.7 Å². The summed E-state index contributed by atoms with van der Waals surface area (Å²) in [5.41, 5.74) is 1.61. The molecule has 1 aliphatic heterocycles. The molecule has 1 atom stereocenters. The molecule has 0 spiro atoms. The summed E-state index contributed by atoms with van der Waals surface area (Å²) in [4.78, 5) is 13.9. The monoisotopic (exact) mass is 379 g/mol. The molecule has 1 unspecified atom stereocenters. The number of carbonyl (C=O) groups excluding carboxylic acids is 1. The third kappa shape index (κ3) is 3.16. The van der Waals surface area contributed by atoms with E-state index in [-0.39, 0.29) is 18.7 Å². The zero-order valence-corrected chi connectivity index (χ0v) is 14.3. The number of aromatic nitrogens is 4. The van der Waals surface area contributed by atoms with Gasteiger partial charge in [-0.25, -0.2) is 0 Å². The van der Waals surface area contributed by atoms with Crippen LogP contribution < -0.4 is 0 Å². The van der Waals surface area contributed by atoms with Crippen molar-refractivity contribution in [1.82, 2.24) is 24.1 Å². The summed E-state index contributed by atoms with van der Waals surface area (Å²) in [6.45, 7) is -0.567. The van der Waals surface area contributed by atoms with Crippen LogP contribution in [-0.2, 0) is 11.8 Å². The number of hydrogen-bond acceptors (Lipinski definition) is 4. The van der Waals surface area contributed by atoms with Gasteiger partial charge in [-0.1, -0.05) is 0 Å². The number of fused-ring (bicyclic) bond motifs is 1. The SMILES string of the molecule is Cn1cccc1-c1nnc2ccc(C(=O)N3CCOC(C(F)(F)F)C3)cn12. The number of alkyl halides is 3. The molecule has 1 fully saturated rings. The first-order valence-electron chi connectivity index (χ1n) is 8.28. The summed E-state index contributed by atoms with van der Waals surface area (Å²) in [5, 5.41) is 8.23. The average molecular weight is 379 g/mol. The molecule has 4 heterocycles. The van der Waals surface area contributed by atoms with E-state index in [0.717, 1.165) is 10.6 Å². The summed E-state index contributed by atoms with van der Waals surface area (Å²) in [6.07, 6.45) is -3.06. The highest BCUT2D eigenvalue weighted by Crippen LogP contribution is 2.26. The maximum atomic E-state index is 12.9. The van der Waals surface area contributed by atoms with Crippen molar-refractivity contribution >= 4 is 11.6 Å². The molecule has 0 bridgehead atoms. The van der Waals surface area contributed by atoms with Crippen LogP contribution in [0.15, 0.2) is 36.7 Å². The molecule has 7 nitrogen and oxygen atoms in total. The Hall–Kier alpha value is -2.88. The summed E-state index contributed by atoms with van der Waals surface area (Å²) >= 11 is 0. The lowest BCUT2D eigenvalue weighted by molar-refractivity contribution is -0.233. The van der Waals surface area contributed by atoms with Gasteiger partial charge in [-0.2, -0.15) is 13.2 Å². The molecular weight excluding hydrogens is 363 g/mol. The summed E-state index contributed by atoms with van der Waals surface area (Å²) in [7, 11) is 1.86. The van der Waals surface area contributed by atoms with Crippen LogP contribution in [0.25, 0.3) is 17.2 Å². The molecule has 10 heteroatoms. The molecule has 1 aliphatic rings. The molecule has 0 aromatic carbocycles. The van der Waals surface area contributed by atoms with E-state index in [1.807, 2.05) is 29.9 Å². The quantitative estimate of drug-likeness (QED) is 0.684. The number of ether oxygens (including phenoxy) is 1. The topological polar surface area (TPSA) is 64.7 Å². The summed E-state index contributed by atoms with van der Waals surface area (Å²) in [5.74, 6) is 0.0586. The number of hydrogen-bond donors (Lipinski definition) is 0. The zero-order valence-electron chi connectivity index (χ0n) is 14.3. The predicted octanol–water partition coefficient (Wildman–Crippen LogP) is 2.14. The van der Waals surface area contributed by atoms with E-state index >= 15 is 0 Å². The number of morpholine rings is 1. The Labute approximate surface area is 152 Å². The van der Waals surface area contributed by atoms with E-state index in [4.69, 9.17) is 4.74 Å². The Kier molecular flexibility index (Phi) is 4.14. The lowest BCUT2D eigenvalue weighted by Crippen LogP contribution is -2.51. The van der Waals surface area contributed by atoms with Crippen LogP contribution in [-0.4, -0.2) is 61.9 Å². The smallest absolute Gasteiger partial charge is 0.365 e. The lowest BCUT2D eigenvalue weighted by Gasteiger charge is -2.33. The normalized spacial score (nSPS) is 18.2. The number of rotatable bonds is 2. The van der Waals surface area contributed by atoms with E-state index in [0.29, 0.717) is 11.5 Å². The first-order valence-corrected chi connectivity index (χ1v) is 8.28. The molecule has 0 N–H and O–H groups in total. The van der Waals surface area contributed by atoms with Crippen molar-refractivity contribution in [3.63, 3.8) is 0 Å². The van der Waals surface area contributed by atoms with Crippen molar-refractivity contribution in [1.29, 1.82) is 0 Å². The minimum atomic E-state index is -4.50. The Morgan fingerprint density at radius 3 is 2.78 bits per heavy atom. The zero-order chi connectivity index (χ0) is 19.2. The van der Waals surface area contributed by atoms with Gasteiger partial charge in [-0.3, -0.25) is 9.20 Å². The molecular formula is C17H16F3N5O2. The molecule has 3 aromatic rings. The van der Waals surface area contributed by atoms with Crippen LogP contribution in [0.5, 0.6) is 0 Å². The highest BCUT2D eigenvalue weighted by molar-refractivity contribution is 5.94. The van der Waals surface area contributed by atoms with Crippen LogP contribution in [0.1, 0.15) is 10.4 Å². The highest BCUT2D eigenvalue weighted by Gasteiger charge is 2.44. The maximum absolute atomic E-state index is 12.9. The van der Waals surface area contributed by atoms with Gasteiger partial charge >= 0.3 is 6.18 Å². The third-order valence-corrected chi connectivity index (χ3v) is 4.54. The Balaban J connectivity index is 1.66. The minimum Gasteiger partial charge on any atom is -0.365 e. The van der Waals surface area contributed by atoms with Gasteiger partial charge in [0, 0.05) is 26.0 Å². The molecule has 0 aliphatic carbocycles. The van der Waals surface area contributed by atoms with E-state index in [9.17, 15) is 18.0 Å². The fourth-order valence-corrected chi connectivity index (χ4v) is 3.10. The van der Waals surface area contributed by atoms with Crippen LogP contribution in [0.3, 0.4) is 0 Å². The van der Waals surface area contributed by atoms with Crippen molar-refractivity contribution in [2.24, 2.45) is 7.05 Å². The van der Waals surface area contributed by atoms with Crippen LogP contribution in [0.4, 0.5) is 13.2 Å². The molecule has 27 heavy (non-hydrogen) atoms. The molecule has 3 aromatic heterocycles. The third-order valence-electron chi connectivity index (χ3n) is 4.54. The highest BCUT2D eigenvalue weighted by atomic mass is 19.4. The summed E-state index contributed by atoms with van der Waals surface area (Å²) in [6, 6.07) is 6.88. The van der Waals surface area contributed by atoms with Gasteiger partial charge in [0.15, 0.2) is 17.6 Å². The van der Waals surface area contributed by atoms with Crippen molar-refractivity contribution in [3.8, 4) is 11.5 Å². The maximum Gasteiger partial charge on any atom is 0.416 e. The van der Waals surface area contributed by atoms with Gasteiger partial charge < -0.3 is 14.2 Å². The van der Waals surface area contributed by atoms with Gasteiger partial charge in [0.2, 0.25) is 0 Å². The van der Waals surface area contributed by atoms with Crippen molar-refractivity contribution in [2.45, 2.75) is 12.3 Å². The molecule has 1 saturated heterocycles. The molecule has 1 amide bonds. The Bertz CT molecular complexity index is 994. The average Bonchev–Trinajstić information content (AvgIpc) is 3.25. The predicted molar refractivity (Wildman–Crippen MR) is 89.1 cm³/mol. The second kappa shape index (κ2) is 6.38. The number of halogens is 3. The molecule has 4 rings (SSSR count). The fourth-order valence-electron chi connectivity index (χ4n) is 3.10. The number of carbonyl (C=O) groups is 1. The fraction of sp³-hybridized carbons (Fsp3) is 0.353. The lowest BCUT2D eigenvalue weighted by atomic mass is 10.2. The Morgan fingerprint density at radius 1 is 1.26 bits per heavy atom.